The summed E-state index contributed by atoms with van der Waals surface area (Å²) in [6.07, 6.45) is 0. The fourth-order valence-corrected chi connectivity index (χ4v) is 3.94. The Kier molecular flexibility index (Phi) is 4.64. The van der Waals surface area contributed by atoms with Crippen molar-refractivity contribution in [3.05, 3.63) is 29.8 Å². The topological polar surface area (TPSA) is 67.9 Å². The lowest BCUT2D eigenvalue weighted by Gasteiger charge is -2.23. The summed E-state index contributed by atoms with van der Waals surface area (Å²) in [7, 11) is -0.0915. The number of ether oxygens (including phenoxy) is 1. The van der Waals surface area contributed by atoms with Crippen molar-refractivity contribution in [3.63, 3.8) is 0 Å². The third-order valence-electron chi connectivity index (χ3n) is 3.37. The molecule has 0 radical (unpaired) electrons. The van der Waals surface area contributed by atoms with Crippen LogP contribution in [0, 0.1) is 0 Å². The second kappa shape index (κ2) is 6.09. The Bertz CT molecular complexity index is 561. The normalized spacial score (nSPS) is 23.9. The van der Waals surface area contributed by atoms with E-state index in [0.29, 0.717) is 12.3 Å². The van der Waals surface area contributed by atoms with Crippen LogP contribution >= 0.6 is 0 Å². The molecule has 0 bridgehead atoms. The van der Waals surface area contributed by atoms with E-state index in [1.54, 1.807) is 26.1 Å². The van der Waals surface area contributed by atoms with E-state index in [9.17, 15) is 8.42 Å². The molecule has 1 aliphatic heterocycles. The van der Waals surface area contributed by atoms with Gasteiger partial charge in [-0.3, -0.25) is 4.84 Å². The molecule has 1 heterocycles. The molecule has 112 valence electrons. The SMILES string of the molecule is CCNS(=O)(=O)C1CON(C)C1c1cccc(OC)c1. The van der Waals surface area contributed by atoms with Gasteiger partial charge in [0, 0.05) is 13.6 Å². The molecule has 1 saturated heterocycles. The third-order valence-corrected chi connectivity index (χ3v) is 5.25. The largest absolute Gasteiger partial charge is 0.497 e. The number of nitrogens with zero attached hydrogens (tertiary/aromatic N) is 1. The van der Waals surface area contributed by atoms with Crippen molar-refractivity contribution in [1.29, 1.82) is 0 Å². The van der Waals surface area contributed by atoms with Gasteiger partial charge in [-0.05, 0) is 17.7 Å². The van der Waals surface area contributed by atoms with Crippen molar-refractivity contribution in [2.45, 2.75) is 18.2 Å². The van der Waals surface area contributed by atoms with Crippen LogP contribution in [0.2, 0.25) is 0 Å². The second-order valence-corrected chi connectivity index (χ2v) is 6.63. The van der Waals surface area contributed by atoms with Gasteiger partial charge in [-0.1, -0.05) is 19.1 Å². The summed E-state index contributed by atoms with van der Waals surface area (Å²) < 4.78 is 32.3. The van der Waals surface area contributed by atoms with E-state index in [1.165, 1.54) is 0 Å². The number of hydrogen-bond acceptors (Lipinski definition) is 5. The summed E-state index contributed by atoms with van der Waals surface area (Å²) >= 11 is 0. The minimum Gasteiger partial charge on any atom is -0.497 e. The Hall–Kier alpha value is -1.15. The van der Waals surface area contributed by atoms with E-state index in [1.807, 2.05) is 24.3 Å². The van der Waals surface area contributed by atoms with Crippen LogP contribution in [0.5, 0.6) is 5.75 Å². The van der Waals surface area contributed by atoms with Crippen LogP contribution in [0.1, 0.15) is 18.5 Å². The first-order valence-electron chi connectivity index (χ1n) is 6.47. The molecule has 1 fully saturated rings. The Balaban J connectivity index is 2.35. The number of nitrogens with one attached hydrogen (secondary N) is 1. The summed E-state index contributed by atoms with van der Waals surface area (Å²) in [5, 5.41) is 0.952. The van der Waals surface area contributed by atoms with Crippen LogP contribution in [0.4, 0.5) is 0 Å². The summed E-state index contributed by atoms with van der Waals surface area (Å²) in [5.41, 5.74) is 0.857. The summed E-state index contributed by atoms with van der Waals surface area (Å²) in [5.74, 6) is 0.697. The maximum Gasteiger partial charge on any atom is 0.218 e. The van der Waals surface area contributed by atoms with E-state index in [0.717, 1.165) is 5.56 Å². The smallest absolute Gasteiger partial charge is 0.218 e. The predicted octanol–water partition coefficient (Wildman–Crippen LogP) is 0.921. The maximum absolute atomic E-state index is 12.3. The Morgan fingerprint density at radius 2 is 2.25 bits per heavy atom. The minimum absolute atomic E-state index is 0.147. The van der Waals surface area contributed by atoms with E-state index >= 15 is 0 Å². The van der Waals surface area contributed by atoms with Crippen molar-refractivity contribution >= 4 is 10.0 Å². The molecule has 0 saturated carbocycles. The zero-order valence-electron chi connectivity index (χ0n) is 11.9. The van der Waals surface area contributed by atoms with Crippen molar-refractivity contribution < 1.29 is 18.0 Å². The molecule has 2 rings (SSSR count). The van der Waals surface area contributed by atoms with Gasteiger partial charge in [0.15, 0.2) is 0 Å². The number of sulfonamides is 1. The number of benzene rings is 1. The fourth-order valence-electron chi connectivity index (χ4n) is 2.41. The first-order chi connectivity index (χ1) is 9.49. The molecular weight excluding hydrogens is 280 g/mol. The Morgan fingerprint density at radius 1 is 1.50 bits per heavy atom. The molecule has 0 spiro atoms. The van der Waals surface area contributed by atoms with Crippen LogP contribution in [-0.2, 0) is 14.9 Å². The third kappa shape index (κ3) is 2.95. The molecule has 1 aromatic carbocycles. The van der Waals surface area contributed by atoms with Gasteiger partial charge in [0.25, 0.3) is 0 Å². The fraction of sp³-hybridized carbons (Fsp3) is 0.538. The molecule has 7 heteroatoms. The zero-order valence-corrected chi connectivity index (χ0v) is 12.7. The number of hydroxylamine groups is 2. The van der Waals surface area contributed by atoms with Crippen LogP contribution in [-0.4, -0.2) is 46.0 Å². The van der Waals surface area contributed by atoms with Crippen molar-refractivity contribution in [3.8, 4) is 5.75 Å². The first-order valence-corrected chi connectivity index (χ1v) is 8.02. The molecule has 6 nitrogen and oxygen atoms in total. The Labute approximate surface area is 119 Å². The predicted molar refractivity (Wildman–Crippen MR) is 75.8 cm³/mol. The molecule has 1 N–H and O–H groups in total. The molecule has 20 heavy (non-hydrogen) atoms. The highest BCUT2D eigenvalue weighted by Gasteiger charge is 2.42. The minimum atomic E-state index is -3.42. The summed E-state index contributed by atoms with van der Waals surface area (Å²) in [6.45, 7) is 2.28. The number of methoxy groups -OCH3 is 1. The van der Waals surface area contributed by atoms with Crippen LogP contribution < -0.4 is 9.46 Å². The van der Waals surface area contributed by atoms with E-state index in [4.69, 9.17) is 9.57 Å². The van der Waals surface area contributed by atoms with Crippen molar-refractivity contribution in [2.75, 3.05) is 27.3 Å². The maximum atomic E-state index is 12.3. The standard InChI is InChI=1S/C13H20N2O4S/c1-4-14-20(16,17)12-9-19-15(2)13(12)10-6-5-7-11(8-10)18-3/h5-8,12-14H,4,9H2,1-3H3. The molecule has 1 aromatic rings. The average molecular weight is 300 g/mol. The molecule has 2 unspecified atom stereocenters. The van der Waals surface area contributed by atoms with Crippen molar-refractivity contribution in [2.24, 2.45) is 0 Å². The first kappa shape index (κ1) is 15.2. The second-order valence-electron chi connectivity index (χ2n) is 4.64. The number of rotatable bonds is 5. The van der Waals surface area contributed by atoms with Crippen molar-refractivity contribution in [1.82, 2.24) is 9.79 Å². The quantitative estimate of drug-likeness (QED) is 0.876. The van der Waals surface area contributed by atoms with Gasteiger partial charge in [-0.15, -0.1) is 0 Å². The summed E-state index contributed by atoms with van der Waals surface area (Å²) in [4.78, 5) is 5.41. The highest BCUT2D eigenvalue weighted by atomic mass is 32.2. The molecular formula is C13H20N2O4S. The van der Waals surface area contributed by atoms with E-state index < -0.39 is 15.3 Å². The van der Waals surface area contributed by atoms with Gasteiger partial charge in [-0.25, -0.2) is 13.1 Å². The molecule has 2 atom stereocenters. The van der Waals surface area contributed by atoms with E-state index in [2.05, 4.69) is 4.72 Å². The lowest BCUT2D eigenvalue weighted by atomic mass is 10.0. The van der Waals surface area contributed by atoms with Gasteiger partial charge in [0.05, 0.1) is 19.8 Å². The van der Waals surface area contributed by atoms with Crippen LogP contribution in [0.15, 0.2) is 24.3 Å². The van der Waals surface area contributed by atoms with Gasteiger partial charge < -0.3 is 4.74 Å². The molecule has 1 aliphatic rings. The average Bonchev–Trinajstić information content (AvgIpc) is 2.81. The van der Waals surface area contributed by atoms with Gasteiger partial charge in [0.1, 0.15) is 11.0 Å². The van der Waals surface area contributed by atoms with Gasteiger partial charge >= 0.3 is 0 Å². The van der Waals surface area contributed by atoms with Gasteiger partial charge in [0.2, 0.25) is 10.0 Å². The van der Waals surface area contributed by atoms with Crippen LogP contribution in [0.25, 0.3) is 0 Å². The highest BCUT2D eigenvalue weighted by molar-refractivity contribution is 7.90. The van der Waals surface area contributed by atoms with E-state index in [-0.39, 0.29) is 12.6 Å². The molecule has 0 amide bonds. The zero-order chi connectivity index (χ0) is 14.8. The lowest BCUT2D eigenvalue weighted by Crippen LogP contribution is -2.39. The molecule has 0 aromatic heterocycles. The molecule has 0 aliphatic carbocycles. The lowest BCUT2D eigenvalue weighted by molar-refractivity contribution is -0.110. The summed E-state index contributed by atoms with van der Waals surface area (Å²) in [6, 6.07) is 7.04. The number of hydrogen-bond donors (Lipinski definition) is 1. The monoisotopic (exact) mass is 300 g/mol. The highest BCUT2D eigenvalue weighted by Crippen LogP contribution is 2.34. The van der Waals surface area contributed by atoms with Gasteiger partial charge in [-0.2, -0.15) is 5.06 Å². The van der Waals surface area contributed by atoms with Crippen LogP contribution in [0.3, 0.4) is 0 Å². The Morgan fingerprint density at radius 3 is 2.90 bits per heavy atom.